The van der Waals surface area contributed by atoms with Crippen molar-refractivity contribution < 1.29 is 23.2 Å². The van der Waals surface area contributed by atoms with Crippen LogP contribution in [0.2, 0.25) is 0 Å². The lowest BCUT2D eigenvalue weighted by atomic mass is 9.98. The first-order valence-corrected chi connectivity index (χ1v) is 11.8. The van der Waals surface area contributed by atoms with E-state index in [1.54, 1.807) is 29.2 Å². The second kappa shape index (κ2) is 11.1. The van der Waals surface area contributed by atoms with Crippen molar-refractivity contribution in [2.24, 2.45) is 5.92 Å². The second-order valence-corrected chi connectivity index (χ2v) is 8.85. The fraction of sp³-hybridized carbons (Fsp3) is 0.250. The van der Waals surface area contributed by atoms with E-state index in [1.165, 1.54) is 12.5 Å². The van der Waals surface area contributed by atoms with E-state index in [9.17, 15) is 23.2 Å². The van der Waals surface area contributed by atoms with Crippen LogP contribution < -0.4 is 10.6 Å². The van der Waals surface area contributed by atoms with Crippen LogP contribution in [0.15, 0.2) is 72.8 Å². The van der Waals surface area contributed by atoms with E-state index in [-0.39, 0.29) is 18.0 Å². The van der Waals surface area contributed by atoms with Gasteiger partial charge in [-0.1, -0.05) is 54.6 Å². The van der Waals surface area contributed by atoms with E-state index in [4.69, 9.17) is 0 Å². The summed E-state index contributed by atoms with van der Waals surface area (Å²) in [5.41, 5.74) is 3.11. The van der Waals surface area contributed by atoms with Crippen molar-refractivity contribution in [1.29, 1.82) is 0 Å². The molecule has 3 aromatic rings. The molecule has 2 unspecified atom stereocenters. The predicted molar refractivity (Wildman–Crippen MR) is 130 cm³/mol. The van der Waals surface area contributed by atoms with Gasteiger partial charge >= 0.3 is 0 Å². The number of hydrogen-bond donors (Lipinski definition) is 2. The molecule has 0 radical (unpaired) electrons. The van der Waals surface area contributed by atoms with Crippen molar-refractivity contribution in [2.75, 3.05) is 6.54 Å². The van der Waals surface area contributed by atoms with Crippen LogP contribution in [0.3, 0.4) is 0 Å². The Morgan fingerprint density at radius 2 is 1.53 bits per heavy atom. The smallest absolute Gasteiger partial charge is 0.250 e. The van der Waals surface area contributed by atoms with Crippen molar-refractivity contribution in [1.82, 2.24) is 15.5 Å². The molecular formula is C28H27F2N3O3. The molecule has 0 saturated heterocycles. The van der Waals surface area contributed by atoms with Crippen molar-refractivity contribution >= 4 is 17.7 Å². The zero-order valence-corrected chi connectivity index (χ0v) is 19.8. The number of carbonyl (C=O) groups is 3. The minimum Gasteiger partial charge on any atom is -0.351 e. The summed E-state index contributed by atoms with van der Waals surface area (Å²) in [5, 5.41) is 5.26. The lowest BCUT2D eigenvalue weighted by molar-refractivity contribution is -0.141. The molecule has 0 fully saturated rings. The Balaban J connectivity index is 1.45. The van der Waals surface area contributed by atoms with E-state index >= 15 is 0 Å². The minimum atomic E-state index is -1.13. The van der Waals surface area contributed by atoms with Crippen LogP contribution in [0.25, 0.3) is 0 Å². The van der Waals surface area contributed by atoms with E-state index in [2.05, 4.69) is 10.6 Å². The van der Waals surface area contributed by atoms with Gasteiger partial charge in [0.25, 0.3) is 0 Å². The van der Waals surface area contributed by atoms with Gasteiger partial charge in [0.05, 0.1) is 0 Å². The summed E-state index contributed by atoms with van der Waals surface area (Å²) in [7, 11) is 0. The Morgan fingerprint density at radius 1 is 0.889 bits per heavy atom. The van der Waals surface area contributed by atoms with Crippen LogP contribution in [-0.2, 0) is 33.9 Å². The van der Waals surface area contributed by atoms with Gasteiger partial charge in [-0.3, -0.25) is 14.4 Å². The predicted octanol–water partition coefficient (Wildman–Crippen LogP) is 3.66. The molecule has 3 amide bonds. The highest BCUT2D eigenvalue weighted by Gasteiger charge is 2.32. The van der Waals surface area contributed by atoms with Crippen molar-refractivity contribution in [2.45, 2.75) is 32.5 Å². The van der Waals surface area contributed by atoms with Gasteiger partial charge in [0.15, 0.2) is 0 Å². The molecular weight excluding hydrogens is 464 g/mol. The van der Waals surface area contributed by atoms with E-state index in [0.29, 0.717) is 18.7 Å². The molecule has 1 aliphatic heterocycles. The number of nitrogens with one attached hydrogen (secondary N) is 2. The maximum Gasteiger partial charge on any atom is 0.250 e. The van der Waals surface area contributed by atoms with Crippen LogP contribution in [0, 0.1) is 17.6 Å². The maximum absolute atomic E-state index is 13.6. The monoisotopic (exact) mass is 491 g/mol. The third-order valence-electron chi connectivity index (χ3n) is 6.28. The SMILES string of the molecule is CC(C(=O)NCc1cc(F)cc(F)c1)C(=O)NC(C(=O)N1CCc2ccccc2C1)c1ccccc1. The first-order valence-electron chi connectivity index (χ1n) is 11.8. The van der Waals surface area contributed by atoms with Gasteiger partial charge in [0.1, 0.15) is 23.6 Å². The summed E-state index contributed by atoms with van der Waals surface area (Å²) in [6, 6.07) is 18.8. The molecule has 0 saturated carbocycles. The number of halogens is 2. The molecule has 8 heteroatoms. The molecule has 4 rings (SSSR count). The number of fused-ring (bicyclic) bond motifs is 1. The quantitative estimate of drug-likeness (QED) is 0.495. The number of benzene rings is 3. The number of amides is 3. The Kier molecular flexibility index (Phi) is 7.73. The minimum absolute atomic E-state index is 0.140. The van der Waals surface area contributed by atoms with Crippen LogP contribution in [-0.4, -0.2) is 29.2 Å². The summed E-state index contributed by atoms with van der Waals surface area (Å²) in [4.78, 5) is 40.9. The highest BCUT2D eigenvalue weighted by atomic mass is 19.1. The highest BCUT2D eigenvalue weighted by Crippen LogP contribution is 2.23. The molecule has 2 atom stereocenters. The molecule has 3 aromatic carbocycles. The molecule has 1 heterocycles. The number of nitrogens with zero attached hydrogens (tertiary/aromatic N) is 1. The number of carbonyl (C=O) groups excluding carboxylic acids is 3. The van der Waals surface area contributed by atoms with Gasteiger partial charge in [-0.25, -0.2) is 8.78 Å². The Morgan fingerprint density at radius 3 is 2.22 bits per heavy atom. The van der Waals surface area contributed by atoms with Crippen LogP contribution in [0.5, 0.6) is 0 Å². The number of rotatable bonds is 7. The van der Waals surface area contributed by atoms with Gasteiger partial charge in [-0.15, -0.1) is 0 Å². The molecule has 0 aliphatic carbocycles. The number of hydrogen-bond acceptors (Lipinski definition) is 3. The summed E-state index contributed by atoms with van der Waals surface area (Å²) < 4.78 is 26.8. The van der Waals surface area contributed by atoms with Crippen molar-refractivity contribution in [3.63, 3.8) is 0 Å². The fourth-order valence-electron chi connectivity index (χ4n) is 4.24. The highest BCUT2D eigenvalue weighted by molar-refractivity contribution is 6.01. The normalized spacial score (nSPS) is 14.4. The topological polar surface area (TPSA) is 78.5 Å². The van der Waals surface area contributed by atoms with Gasteiger partial charge in [-0.2, -0.15) is 0 Å². The standard InChI is InChI=1S/C28H27F2N3O3/c1-18(26(34)31-16-19-13-23(29)15-24(30)14-19)27(35)32-25(21-8-3-2-4-9-21)28(36)33-12-11-20-7-5-6-10-22(20)17-33/h2-10,13-15,18,25H,11-12,16-17H2,1H3,(H,31,34)(H,32,35). The molecule has 2 N–H and O–H groups in total. The van der Waals surface area contributed by atoms with E-state index in [1.807, 2.05) is 30.3 Å². The Hall–Kier alpha value is -4.07. The summed E-state index contributed by atoms with van der Waals surface area (Å²) in [5.74, 6) is -4.15. The third kappa shape index (κ3) is 5.94. The molecule has 6 nitrogen and oxygen atoms in total. The van der Waals surface area contributed by atoms with Gasteiger partial charge in [0.2, 0.25) is 17.7 Å². The maximum atomic E-state index is 13.6. The first kappa shape index (κ1) is 25.0. The lowest BCUT2D eigenvalue weighted by Crippen LogP contribution is -2.47. The molecule has 0 bridgehead atoms. The molecule has 0 aromatic heterocycles. The largest absolute Gasteiger partial charge is 0.351 e. The van der Waals surface area contributed by atoms with Gasteiger partial charge in [0, 0.05) is 25.7 Å². The molecule has 36 heavy (non-hydrogen) atoms. The van der Waals surface area contributed by atoms with Crippen molar-refractivity contribution in [3.05, 3.63) is 107 Å². The molecule has 1 aliphatic rings. The third-order valence-corrected chi connectivity index (χ3v) is 6.28. The van der Waals surface area contributed by atoms with Gasteiger partial charge < -0.3 is 15.5 Å². The zero-order chi connectivity index (χ0) is 25.7. The van der Waals surface area contributed by atoms with E-state index < -0.39 is 35.4 Å². The Labute approximate surface area is 208 Å². The zero-order valence-electron chi connectivity index (χ0n) is 19.8. The summed E-state index contributed by atoms with van der Waals surface area (Å²) >= 11 is 0. The van der Waals surface area contributed by atoms with Crippen LogP contribution >= 0.6 is 0 Å². The average molecular weight is 492 g/mol. The van der Waals surface area contributed by atoms with E-state index in [0.717, 1.165) is 30.2 Å². The summed E-state index contributed by atoms with van der Waals surface area (Å²) in [6.45, 7) is 2.24. The first-order chi connectivity index (χ1) is 17.3. The molecule has 186 valence electrons. The van der Waals surface area contributed by atoms with Gasteiger partial charge in [-0.05, 0) is 47.7 Å². The van der Waals surface area contributed by atoms with Crippen LogP contribution in [0.1, 0.15) is 35.2 Å². The Bertz CT molecular complexity index is 1250. The van der Waals surface area contributed by atoms with Crippen molar-refractivity contribution in [3.8, 4) is 0 Å². The van der Waals surface area contributed by atoms with Crippen LogP contribution in [0.4, 0.5) is 8.78 Å². The average Bonchev–Trinajstić information content (AvgIpc) is 2.89. The molecule has 0 spiro atoms. The lowest BCUT2D eigenvalue weighted by Gasteiger charge is -2.32. The fourth-order valence-corrected chi connectivity index (χ4v) is 4.24. The second-order valence-electron chi connectivity index (χ2n) is 8.85. The summed E-state index contributed by atoms with van der Waals surface area (Å²) in [6.07, 6.45) is 0.719.